The maximum atomic E-state index is 3.38. The van der Waals surface area contributed by atoms with Crippen molar-refractivity contribution in [1.82, 2.24) is 10.6 Å². The maximum absolute atomic E-state index is 3.38. The van der Waals surface area contributed by atoms with Crippen molar-refractivity contribution in [2.45, 2.75) is 32.4 Å². The minimum atomic E-state index is 0. The molecule has 0 radical (unpaired) electrons. The number of hydrogen-bond donors (Lipinski definition) is 2. The van der Waals surface area contributed by atoms with Crippen LogP contribution in [0, 0.1) is 0 Å². The Morgan fingerprint density at radius 3 is 2.36 bits per heavy atom. The van der Waals surface area contributed by atoms with Crippen molar-refractivity contribution in [3.63, 3.8) is 0 Å². The van der Waals surface area contributed by atoms with E-state index in [1.165, 1.54) is 30.7 Å². The van der Waals surface area contributed by atoms with Crippen LogP contribution in [0.1, 0.15) is 27.6 Å². The van der Waals surface area contributed by atoms with Gasteiger partial charge < -0.3 is 10.6 Å². The molecule has 0 spiro atoms. The Hall–Kier alpha value is -0.920. The van der Waals surface area contributed by atoms with E-state index < -0.39 is 0 Å². The number of nitrogens with one attached hydrogen (secondary N) is 2. The molecule has 2 N–H and O–H groups in total. The van der Waals surface area contributed by atoms with Gasteiger partial charge in [0.05, 0.1) is 17.6 Å². The SMILES string of the molecule is CC1NC2=CCCCC=C2N1.[HH]. The molecule has 1 saturated heterocycles. The van der Waals surface area contributed by atoms with E-state index in [2.05, 4.69) is 29.7 Å². The molecule has 0 atom stereocenters. The predicted molar refractivity (Wildman–Crippen MR) is 47.9 cm³/mol. The fourth-order valence-electron chi connectivity index (χ4n) is 1.61. The van der Waals surface area contributed by atoms with Gasteiger partial charge in [0, 0.05) is 1.43 Å². The number of hydrogen-bond acceptors (Lipinski definition) is 2. The first kappa shape index (κ1) is 6.77. The third-order valence-electron chi connectivity index (χ3n) is 2.14. The van der Waals surface area contributed by atoms with Crippen LogP contribution in [0.3, 0.4) is 0 Å². The van der Waals surface area contributed by atoms with Crippen LogP contribution >= 0.6 is 0 Å². The molecule has 2 heteroatoms. The molecule has 2 aliphatic rings. The van der Waals surface area contributed by atoms with Crippen LogP contribution in [0.5, 0.6) is 0 Å². The lowest BCUT2D eigenvalue weighted by Crippen LogP contribution is -2.25. The van der Waals surface area contributed by atoms with E-state index in [1.807, 2.05) is 0 Å². The van der Waals surface area contributed by atoms with E-state index in [9.17, 15) is 0 Å². The van der Waals surface area contributed by atoms with Crippen LogP contribution in [-0.2, 0) is 0 Å². The molecule has 1 heterocycles. The van der Waals surface area contributed by atoms with Gasteiger partial charge in [0.25, 0.3) is 0 Å². The molecule has 0 amide bonds. The Balaban J connectivity index is 0.000000720. The molecule has 0 unspecified atom stereocenters. The first-order chi connectivity index (χ1) is 5.36. The summed E-state index contributed by atoms with van der Waals surface area (Å²) in [5.74, 6) is 0. The molecule has 62 valence electrons. The Morgan fingerprint density at radius 1 is 1.27 bits per heavy atom. The zero-order chi connectivity index (χ0) is 7.68. The molecule has 0 aromatic heterocycles. The number of allylic oxidation sites excluding steroid dienone is 2. The maximum Gasteiger partial charge on any atom is 0.0935 e. The molecule has 1 aliphatic heterocycles. The van der Waals surface area contributed by atoms with Crippen molar-refractivity contribution in [3.8, 4) is 0 Å². The fourth-order valence-corrected chi connectivity index (χ4v) is 1.61. The van der Waals surface area contributed by atoms with Crippen LogP contribution in [0.15, 0.2) is 23.5 Å². The molecule has 11 heavy (non-hydrogen) atoms. The molecule has 0 aromatic rings. The second kappa shape index (κ2) is 2.61. The van der Waals surface area contributed by atoms with Gasteiger partial charge in [0.15, 0.2) is 0 Å². The first-order valence-electron chi connectivity index (χ1n) is 4.30. The topological polar surface area (TPSA) is 24.1 Å². The predicted octanol–water partition coefficient (Wildman–Crippen LogP) is 1.72. The summed E-state index contributed by atoms with van der Waals surface area (Å²) in [4.78, 5) is 0. The van der Waals surface area contributed by atoms with Crippen LogP contribution in [-0.4, -0.2) is 6.17 Å². The van der Waals surface area contributed by atoms with Gasteiger partial charge in [-0.15, -0.1) is 0 Å². The van der Waals surface area contributed by atoms with E-state index in [0.717, 1.165) is 0 Å². The zero-order valence-electron chi connectivity index (χ0n) is 6.85. The normalized spacial score (nSPS) is 24.1. The van der Waals surface area contributed by atoms with Crippen molar-refractivity contribution < 1.29 is 1.43 Å². The summed E-state index contributed by atoms with van der Waals surface area (Å²) in [6.45, 7) is 2.14. The van der Waals surface area contributed by atoms with Gasteiger partial charge in [-0.25, -0.2) is 0 Å². The van der Waals surface area contributed by atoms with Crippen molar-refractivity contribution in [2.24, 2.45) is 0 Å². The van der Waals surface area contributed by atoms with Gasteiger partial charge in [-0.05, 0) is 26.2 Å². The highest BCUT2D eigenvalue weighted by Gasteiger charge is 2.17. The zero-order valence-corrected chi connectivity index (χ0v) is 6.85. The second-order valence-corrected chi connectivity index (χ2v) is 3.18. The third-order valence-corrected chi connectivity index (χ3v) is 2.14. The van der Waals surface area contributed by atoms with Gasteiger partial charge in [0.1, 0.15) is 0 Å². The smallest absolute Gasteiger partial charge is 0.0935 e. The minimum Gasteiger partial charge on any atom is -0.364 e. The van der Waals surface area contributed by atoms with Crippen molar-refractivity contribution in [1.29, 1.82) is 0 Å². The summed E-state index contributed by atoms with van der Waals surface area (Å²) in [7, 11) is 0. The largest absolute Gasteiger partial charge is 0.364 e. The Bertz CT molecular complexity index is 199. The summed E-state index contributed by atoms with van der Waals surface area (Å²) < 4.78 is 0. The van der Waals surface area contributed by atoms with Gasteiger partial charge in [-0.2, -0.15) is 0 Å². The van der Waals surface area contributed by atoms with Crippen molar-refractivity contribution >= 4 is 0 Å². The Morgan fingerprint density at radius 2 is 1.82 bits per heavy atom. The van der Waals surface area contributed by atoms with Crippen molar-refractivity contribution in [2.75, 3.05) is 0 Å². The lowest BCUT2D eigenvalue weighted by molar-refractivity contribution is 0.625. The summed E-state index contributed by atoms with van der Waals surface area (Å²) in [5, 5.41) is 6.75. The Labute approximate surface area is 68.9 Å². The van der Waals surface area contributed by atoms with Crippen molar-refractivity contribution in [3.05, 3.63) is 23.5 Å². The van der Waals surface area contributed by atoms with E-state index in [1.54, 1.807) is 0 Å². The quantitative estimate of drug-likeness (QED) is 0.552. The molecule has 0 bridgehead atoms. The number of fused-ring (bicyclic) bond motifs is 1. The van der Waals surface area contributed by atoms with Gasteiger partial charge in [-0.3, -0.25) is 0 Å². The average Bonchev–Trinajstić information content (AvgIpc) is 2.17. The summed E-state index contributed by atoms with van der Waals surface area (Å²) in [6, 6.07) is 0. The molecule has 1 aliphatic carbocycles. The van der Waals surface area contributed by atoms with E-state index in [4.69, 9.17) is 0 Å². The van der Waals surface area contributed by atoms with E-state index in [-0.39, 0.29) is 1.43 Å². The summed E-state index contributed by atoms with van der Waals surface area (Å²) >= 11 is 0. The highest BCUT2D eigenvalue weighted by Crippen LogP contribution is 2.18. The van der Waals surface area contributed by atoms with Gasteiger partial charge in [-0.1, -0.05) is 12.2 Å². The minimum absolute atomic E-state index is 0. The van der Waals surface area contributed by atoms with Gasteiger partial charge in [0.2, 0.25) is 0 Å². The molecular weight excluding hydrogens is 136 g/mol. The van der Waals surface area contributed by atoms with Crippen LogP contribution in [0.25, 0.3) is 0 Å². The monoisotopic (exact) mass is 152 g/mol. The van der Waals surface area contributed by atoms with Gasteiger partial charge >= 0.3 is 0 Å². The number of rotatable bonds is 0. The lowest BCUT2D eigenvalue weighted by Gasteiger charge is -2.01. The Kier molecular flexibility index (Phi) is 1.60. The molecule has 1 fully saturated rings. The van der Waals surface area contributed by atoms with Crippen LogP contribution in [0.2, 0.25) is 0 Å². The van der Waals surface area contributed by atoms with Crippen LogP contribution < -0.4 is 10.6 Å². The molecule has 0 saturated carbocycles. The first-order valence-corrected chi connectivity index (χ1v) is 4.30. The van der Waals surface area contributed by atoms with Crippen LogP contribution in [0.4, 0.5) is 0 Å². The molecule has 2 nitrogen and oxygen atoms in total. The average molecular weight is 152 g/mol. The van der Waals surface area contributed by atoms with E-state index in [0.29, 0.717) is 6.17 Å². The molecular formula is C9H16N2. The molecule has 2 rings (SSSR count). The molecule has 0 aromatic carbocycles. The standard InChI is InChI=1S/C9H14N2.H2/c1-7-10-8-5-3-2-4-6-9(8)11-7;/h5-7,10-11H,2-4H2,1H3;1H. The van der Waals surface area contributed by atoms with E-state index >= 15 is 0 Å². The lowest BCUT2D eigenvalue weighted by atomic mass is 10.2. The third kappa shape index (κ3) is 1.25. The highest BCUT2D eigenvalue weighted by atomic mass is 15.2. The highest BCUT2D eigenvalue weighted by molar-refractivity contribution is 5.33. The fraction of sp³-hybridized carbons (Fsp3) is 0.556. The second-order valence-electron chi connectivity index (χ2n) is 3.18. The summed E-state index contributed by atoms with van der Waals surface area (Å²) in [5.41, 5.74) is 2.60. The summed E-state index contributed by atoms with van der Waals surface area (Å²) in [6.07, 6.45) is 8.67.